The van der Waals surface area contributed by atoms with Gasteiger partial charge in [-0.1, -0.05) is 18.2 Å². The van der Waals surface area contributed by atoms with E-state index in [0.717, 1.165) is 17.7 Å². The van der Waals surface area contributed by atoms with Crippen LogP contribution in [-0.2, 0) is 11.2 Å². The molecular weight excluding hydrogens is 348 g/mol. The Morgan fingerprint density at radius 1 is 1.26 bits per heavy atom. The van der Waals surface area contributed by atoms with Crippen LogP contribution in [-0.4, -0.2) is 45.4 Å². The minimum absolute atomic E-state index is 0.224. The highest BCUT2D eigenvalue weighted by Crippen LogP contribution is 2.19. The summed E-state index contributed by atoms with van der Waals surface area (Å²) in [7, 11) is 1.66. The standard InChI is InChI=1S/C18H22N6O3/c1-12(2)27-18(25)21-17-23-22-16-15(20-10-11-24(16)17)19-9-8-13-6-4-5-7-14(13)26-3/h4-7,10-12H,8-9H2,1-3H3,(H,19,20)(H,21,23,25). The molecule has 0 atom stereocenters. The molecule has 27 heavy (non-hydrogen) atoms. The Bertz CT molecular complexity index is 924. The molecule has 0 aliphatic carbocycles. The zero-order chi connectivity index (χ0) is 19.2. The fraction of sp³-hybridized carbons (Fsp3) is 0.333. The average molecular weight is 370 g/mol. The number of nitrogens with zero attached hydrogens (tertiary/aromatic N) is 4. The number of para-hydroxylation sites is 1. The minimum atomic E-state index is -0.582. The first kappa shape index (κ1) is 18.4. The molecule has 0 spiro atoms. The molecule has 3 aromatic rings. The third-order valence-corrected chi connectivity index (χ3v) is 3.76. The lowest BCUT2D eigenvalue weighted by atomic mass is 10.1. The van der Waals surface area contributed by atoms with Crippen LogP contribution in [0.1, 0.15) is 19.4 Å². The zero-order valence-corrected chi connectivity index (χ0v) is 15.5. The van der Waals surface area contributed by atoms with E-state index in [1.165, 1.54) is 0 Å². The molecule has 2 aromatic heterocycles. The number of benzene rings is 1. The molecule has 3 rings (SSSR count). The average Bonchev–Trinajstić information content (AvgIpc) is 3.05. The molecule has 142 valence electrons. The fourth-order valence-corrected chi connectivity index (χ4v) is 2.60. The number of methoxy groups -OCH3 is 1. The molecule has 2 N–H and O–H groups in total. The van der Waals surface area contributed by atoms with Crippen LogP contribution in [0, 0.1) is 0 Å². The lowest BCUT2D eigenvalue weighted by Gasteiger charge is -2.10. The summed E-state index contributed by atoms with van der Waals surface area (Å²) in [6, 6.07) is 7.87. The monoisotopic (exact) mass is 370 g/mol. The molecule has 1 aromatic carbocycles. The predicted octanol–water partition coefficient (Wildman–Crippen LogP) is 2.74. The van der Waals surface area contributed by atoms with Crippen LogP contribution in [0.25, 0.3) is 5.65 Å². The van der Waals surface area contributed by atoms with E-state index >= 15 is 0 Å². The SMILES string of the molecule is COc1ccccc1CCNc1nccn2c(NC(=O)OC(C)C)nnc12. The van der Waals surface area contributed by atoms with Gasteiger partial charge < -0.3 is 14.8 Å². The summed E-state index contributed by atoms with van der Waals surface area (Å²) < 4.78 is 12.1. The highest BCUT2D eigenvalue weighted by atomic mass is 16.6. The highest BCUT2D eigenvalue weighted by Gasteiger charge is 2.14. The number of rotatable bonds is 7. The Balaban J connectivity index is 1.69. The van der Waals surface area contributed by atoms with Crippen LogP contribution in [0.2, 0.25) is 0 Å². The number of anilines is 2. The molecule has 0 saturated carbocycles. The first-order valence-electron chi connectivity index (χ1n) is 8.61. The van der Waals surface area contributed by atoms with Crippen molar-refractivity contribution in [1.82, 2.24) is 19.6 Å². The molecule has 9 heteroatoms. The van der Waals surface area contributed by atoms with E-state index in [9.17, 15) is 4.79 Å². The molecule has 1 amide bonds. The molecule has 0 fully saturated rings. The molecule has 0 aliphatic rings. The van der Waals surface area contributed by atoms with Crippen molar-refractivity contribution in [3.63, 3.8) is 0 Å². The number of ether oxygens (including phenoxy) is 2. The Morgan fingerprint density at radius 2 is 2.07 bits per heavy atom. The molecule has 2 heterocycles. The summed E-state index contributed by atoms with van der Waals surface area (Å²) in [5, 5.41) is 13.9. The van der Waals surface area contributed by atoms with Crippen molar-refractivity contribution in [2.75, 3.05) is 24.3 Å². The second kappa shape index (κ2) is 8.35. The topological polar surface area (TPSA) is 103 Å². The van der Waals surface area contributed by atoms with Crippen molar-refractivity contribution in [1.29, 1.82) is 0 Å². The van der Waals surface area contributed by atoms with Crippen molar-refractivity contribution >= 4 is 23.5 Å². The quantitative estimate of drug-likeness (QED) is 0.659. The molecule has 0 saturated heterocycles. The fourth-order valence-electron chi connectivity index (χ4n) is 2.60. The highest BCUT2D eigenvalue weighted by molar-refractivity contribution is 5.83. The predicted molar refractivity (Wildman–Crippen MR) is 101 cm³/mol. The first-order chi connectivity index (χ1) is 13.1. The van der Waals surface area contributed by atoms with Crippen molar-refractivity contribution in [3.05, 3.63) is 42.2 Å². The van der Waals surface area contributed by atoms with Gasteiger partial charge in [0.1, 0.15) is 5.75 Å². The first-order valence-corrected chi connectivity index (χ1v) is 8.61. The number of nitrogens with one attached hydrogen (secondary N) is 2. The number of hydrogen-bond donors (Lipinski definition) is 2. The smallest absolute Gasteiger partial charge is 0.414 e. The number of hydrogen-bond acceptors (Lipinski definition) is 7. The van der Waals surface area contributed by atoms with Crippen LogP contribution >= 0.6 is 0 Å². The van der Waals surface area contributed by atoms with Crippen LogP contribution in [0.4, 0.5) is 16.6 Å². The van der Waals surface area contributed by atoms with Gasteiger partial charge in [-0.2, -0.15) is 0 Å². The van der Waals surface area contributed by atoms with Gasteiger partial charge in [0.25, 0.3) is 0 Å². The lowest BCUT2D eigenvalue weighted by Crippen LogP contribution is -2.19. The van der Waals surface area contributed by atoms with E-state index < -0.39 is 6.09 Å². The molecule has 0 radical (unpaired) electrons. The molecule has 0 aliphatic heterocycles. The molecular formula is C18H22N6O3. The number of carbonyl (C=O) groups is 1. The van der Waals surface area contributed by atoms with Crippen molar-refractivity contribution in [2.45, 2.75) is 26.4 Å². The van der Waals surface area contributed by atoms with Crippen LogP contribution in [0.3, 0.4) is 0 Å². The summed E-state index contributed by atoms with van der Waals surface area (Å²) in [4.78, 5) is 16.1. The second-order valence-corrected chi connectivity index (χ2v) is 6.06. The van der Waals surface area contributed by atoms with Gasteiger partial charge >= 0.3 is 6.09 Å². The Morgan fingerprint density at radius 3 is 2.85 bits per heavy atom. The van der Waals surface area contributed by atoms with Gasteiger partial charge in [0.05, 0.1) is 13.2 Å². The third kappa shape index (κ3) is 4.43. The number of carbonyl (C=O) groups excluding carboxylic acids is 1. The maximum absolute atomic E-state index is 11.8. The van der Waals surface area contributed by atoms with Gasteiger partial charge in [0.15, 0.2) is 5.82 Å². The zero-order valence-electron chi connectivity index (χ0n) is 15.5. The van der Waals surface area contributed by atoms with Gasteiger partial charge in [0.2, 0.25) is 11.6 Å². The lowest BCUT2D eigenvalue weighted by molar-refractivity contribution is 0.129. The van der Waals surface area contributed by atoms with E-state index in [0.29, 0.717) is 18.0 Å². The van der Waals surface area contributed by atoms with Gasteiger partial charge in [-0.05, 0) is 31.9 Å². The molecule has 9 nitrogen and oxygen atoms in total. The van der Waals surface area contributed by atoms with E-state index in [1.54, 1.807) is 37.8 Å². The summed E-state index contributed by atoms with van der Waals surface area (Å²) in [6.07, 6.45) is 3.24. The summed E-state index contributed by atoms with van der Waals surface area (Å²) in [5.74, 6) is 1.69. The number of aromatic nitrogens is 4. The van der Waals surface area contributed by atoms with E-state index in [4.69, 9.17) is 9.47 Å². The van der Waals surface area contributed by atoms with E-state index in [1.807, 2.05) is 24.3 Å². The van der Waals surface area contributed by atoms with Crippen molar-refractivity contribution in [3.8, 4) is 5.75 Å². The Labute approximate surface area is 156 Å². The summed E-state index contributed by atoms with van der Waals surface area (Å²) in [5.41, 5.74) is 1.61. The maximum atomic E-state index is 11.8. The number of fused-ring (bicyclic) bond motifs is 1. The van der Waals surface area contributed by atoms with Gasteiger partial charge in [0, 0.05) is 18.9 Å². The summed E-state index contributed by atoms with van der Waals surface area (Å²) >= 11 is 0. The normalized spacial score (nSPS) is 10.8. The van der Waals surface area contributed by atoms with Crippen molar-refractivity contribution < 1.29 is 14.3 Å². The van der Waals surface area contributed by atoms with Gasteiger partial charge in [-0.3, -0.25) is 9.72 Å². The van der Waals surface area contributed by atoms with Crippen molar-refractivity contribution in [2.24, 2.45) is 0 Å². The minimum Gasteiger partial charge on any atom is -0.496 e. The van der Waals surface area contributed by atoms with Gasteiger partial charge in [-0.25, -0.2) is 9.78 Å². The van der Waals surface area contributed by atoms with Crippen LogP contribution in [0.15, 0.2) is 36.7 Å². The third-order valence-electron chi connectivity index (χ3n) is 3.76. The van der Waals surface area contributed by atoms with Crippen LogP contribution < -0.4 is 15.4 Å². The Kier molecular flexibility index (Phi) is 5.70. The maximum Gasteiger partial charge on any atom is 0.414 e. The molecule has 0 unspecified atom stereocenters. The number of amides is 1. The van der Waals surface area contributed by atoms with E-state index in [-0.39, 0.29) is 12.1 Å². The van der Waals surface area contributed by atoms with E-state index in [2.05, 4.69) is 25.8 Å². The summed E-state index contributed by atoms with van der Waals surface area (Å²) in [6.45, 7) is 4.18. The second-order valence-electron chi connectivity index (χ2n) is 6.06. The largest absolute Gasteiger partial charge is 0.496 e. The van der Waals surface area contributed by atoms with Crippen LogP contribution in [0.5, 0.6) is 5.75 Å². The van der Waals surface area contributed by atoms with Gasteiger partial charge in [-0.15, -0.1) is 10.2 Å². The Hall–Kier alpha value is -3.36. The molecule has 0 bridgehead atoms.